The van der Waals surface area contributed by atoms with Crippen LogP contribution in [0.15, 0.2) is 224 Å². The van der Waals surface area contributed by atoms with E-state index >= 15 is 0 Å². The van der Waals surface area contributed by atoms with Crippen LogP contribution in [0.3, 0.4) is 0 Å². The van der Waals surface area contributed by atoms with E-state index in [2.05, 4.69) is 13.0 Å². The molecule has 21 heteroatoms. The first-order valence-electron chi connectivity index (χ1n) is 38.2. The normalized spacial score (nSPS) is 10.6. The number of aryl methyl sites for hydroxylation is 12. The SMILES string of the molecule is CCC=C(c1cc(F)ccc1C)c1cc(F)ccc1C.CCCC(c1cc(F)ccc1C)c1cc(F)ccc1C.Cc1[c-]cc(F)cc1.Cc1ccc(F)cc1C(=O)Cl.Cc1ccc(F)cc1C(=O)c1cc(F)ccc1C.Cc1ccc(F)cc1C(O)(CC#N)c1cc(F)ccc1C.Cc1ccc(F)cc1C(O)(CCN)c1cc(F)ccc1C.[Br-].[Mg+2]. The average molecular weight is 1760 g/mol. The number of halogens is 14. The smallest absolute Gasteiger partial charge is 1.00 e. The molecule has 0 spiro atoms. The van der Waals surface area contributed by atoms with Gasteiger partial charge in [-0.3, -0.25) is 14.0 Å². The standard InChI is InChI=1S/C18H20F2.C18H18F2.C17H19F2NO.C17H15F2NO.C15H12F2O.C8H6ClFO.C7H6F.BrH.Mg/c2*1-4-5-16(17-10-14(19)8-6-12(17)2)18-11-15(20)9-7-13(18)3;2*1-11-3-5-13(18)9-15(11)17(21,7-8-20)16-10-14(19)6-4-12(16)2;1-9-3-5-11(16)7-13(9)15(18)14-8-12(17)6-4-10(14)2;1-5-2-3-6(10)4-7(5)8(9)11;1-6-2-4-7(8)5-3-6;;/h6-11,16H,4-5H2,1-3H3;5-11H,4H2,1-3H3;3-6,9-10,21H,7-8,20H2,1-2H3;3-6,9-10,21H,7H2,1-2H3;3-8H,1-2H3;2-4H,1H3;2,4-5H,1H3;1H;/q;;;;;;-1;;+2/p-1. The van der Waals surface area contributed by atoms with Crippen molar-refractivity contribution in [2.45, 2.75) is 146 Å². The molecular weight excluding hydrogens is 1660 g/mol. The summed E-state index contributed by atoms with van der Waals surface area (Å²) in [5, 5.41) is 30.6. The number of ketones is 1. The Morgan fingerprint density at radius 2 is 0.678 bits per heavy atom. The maximum atomic E-state index is 13.6. The van der Waals surface area contributed by atoms with Gasteiger partial charge in [0.15, 0.2) is 5.78 Å². The number of carbonyl (C=O) groups excluding carboxylic acids is 2. The van der Waals surface area contributed by atoms with Gasteiger partial charge in [0, 0.05) is 28.4 Å². The Kier molecular flexibility index (Phi) is 41.3. The van der Waals surface area contributed by atoms with Crippen molar-refractivity contribution in [3.8, 4) is 6.07 Å². The molecule has 0 saturated heterocycles. The molecule has 0 amide bonds. The molecule has 0 atom stereocenters. The Morgan fingerprint density at radius 3 is 0.959 bits per heavy atom. The van der Waals surface area contributed by atoms with Gasteiger partial charge in [-0.2, -0.15) is 23.0 Å². The minimum Gasteiger partial charge on any atom is -1.00 e. The van der Waals surface area contributed by atoms with Crippen molar-refractivity contribution in [3.05, 3.63) is 428 Å². The van der Waals surface area contributed by atoms with E-state index < -0.39 is 57.2 Å². The fraction of sp³-hybridized carbons (Fsp3) is 0.230. The molecule has 0 heterocycles. The van der Waals surface area contributed by atoms with Crippen LogP contribution in [0.1, 0.15) is 189 Å². The van der Waals surface area contributed by atoms with Crippen LogP contribution in [0.5, 0.6) is 0 Å². The van der Waals surface area contributed by atoms with E-state index in [0.717, 1.165) is 92.1 Å². The van der Waals surface area contributed by atoms with Gasteiger partial charge < -0.3 is 32.9 Å². The van der Waals surface area contributed by atoms with Gasteiger partial charge in [0.05, 0.1) is 12.5 Å². The summed E-state index contributed by atoms with van der Waals surface area (Å²) in [6, 6.07) is 56.6. The van der Waals surface area contributed by atoms with Gasteiger partial charge in [0.2, 0.25) is 0 Å². The number of carbonyl (C=O) groups is 2. The van der Waals surface area contributed by atoms with E-state index in [1.54, 1.807) is 103 Å². The van der Waals surface area contributed by atoms with Crippen LogP contribution < -0.4 is 22.7 Å². The van der Waals surface area contributed by atoms with Crippen LogP contribution >= 0.6 is 11.6 Å². The third-order valence-corrected chi connectivity index (χ3v) is 20.1. The number of aliphatic hydroxyl groups is 2. The second kappa shape index (κ2) is 48.4. The molecule has 0 unspecified atom stereocenters. The van der Waals surface area contributed by atoms with Crippen LogP contribution in [-0.2, 0) is 11.2 Å². The third kappa shape index (κ3) is 29.3. The van der Waals surface area contributed by atoms with Gasteiger partial charge in [0.25, 0.3) is 5.24 Å². The van der Waals surface area contributed by atoms with Gasteiger partial charge in [-0.05, 0) is 358 Å². The molecule has 0 saturated carbocycles. The number of hydrogen-bond donors (Lipinski definition) is 3. The first-order valence-corrected chi connectivity index (χ1v) is 38.6. The van der Waals surface area contributed by atoms with E-state index in [-0.39, 0.29) is 128 Å². The molecule has 630 valence electrons. The summed E-state index contributed by atoms with van der Waals surface area (Å²) in [6.45, 7) is 26.2. The summed E-state index contributed by atoms with van der Waals surface area (Å²) in [7, 11) is 0. The predicted molar refractivity (Wildman–Crippen MR) is 456 cm³/mol. The van der Waals surface area contributed by atoms with E-state index in [1.165, 1.54) is 158 Å². The summed E-state index contributed by atoms with van der Waals surface area (Å²) in [5.74, 6) is -4.87. The number of hydrogen-bond acceptors (Lipinski definition) is 6. The number of nitrogens with zero attached hydrogens (tertiary/aromatic N) is 1. The van der Waals surface area contributed by atoms with Crippen LogP contribution in [0, 0.1) is 170 Å². The zero-order chi connectivity index (χ0) is 88.3. The topological polar surface area (TPSA) is 124 Å². The molecule has 6 nitrogen and oxygen atoms in total. The van der Waals surface area contributed by atoms with Crippen molar-refractivity contribution in [3.63, 3.8) is 0 Å². The summed E-state index contributed by atoms with van der Waals surface area (Å²) < 4.78 is 159. The largest absolute Gasteiger partial charge is 2.00 e. The molecule has 12 aromatic carbocycles. The number of rotatable bonds is 17. The molecule has 0 bridgehead atoms. The summed E-state index contributed by atoms with van der Waals surface area (Å²) in [6.07, 6.45) is 4.57. The Bertz CT molecular complexity index is 5320. The number of allylic oxidation sites excluding steroid dienone is 1. The zero-order valence-corrected chi connectivity index (χ0v) is 73.7. The molecule has 0 aromatic heterocycles. The Hall–Kier alpha value is -10.2. The maximum absolute atomic E-state index is 13.6. The van der Waals surface area contributed by atoms with Crippen LogP contribution in [0.2, 0.25) is 0 Å². The van der Waals surface area contributed by atoms with Crippen LogP contribution in [0.25, 0.3) is 5.57 Å². The Morgan fingerprint density at radius 1 is 0.405 bits per heavy atom. The fourth-order valence-electron chi connectivity index (χ4n) is 13.4. The van der Waals surface area contributed by atoms with Gasteiger partial charge in [-0.25, -0.2) is 48.3 Å². The monoisotopic (exact) mass is 1750 g/mol. The molecule has 0 aliphatic heterocycles. The molecule has 121 heavy (non-hydrogen) atoms. The van der Waals surface area contributed by atoms with E-state index in [1.807, 2.05) is 53.7 Å². The second-order valence-corrected chi connectivity index (χ2v) is 29.2. The minimum absolute atomic E-state index is 0. The van der Waals surface area contributed by atoms with E-state index in [9.17, 15) is 72.5 Å². The Balaban J connectivity index is 0.000000300. The predicted octanol–water partition coefficient (Wildman–Crippen LogP) is 22.7. The van der Waals surface area contributed by atoms with E-state index in [0.29, 0.717) is 38.9 Å². The Labute approximate surface area is 733 Å². The quantitative estimate of drug-likeness (QED) is 0.0274. The molecule has 0 fully saturated rings. The molecular formula is C100H96BrClF12MgN2O4. The first-order chi connectivity index (χ1) is 56.2. The van der Waals surface area contributed by atoms with Crippen molar-refractivity contribution >= 4 is 51.3 Å². The van der Waals surface area contributed by atoms with Gasteiger partial charge >= 0.3 is 23.1 Å². The fourth-order valence-corrected chi connectivity index (χ4v) is 13.6. The summed E-state index contributed by atoms with van der Waals surface area (Å²) in [4.78, 5) is 22.9. The molecule has 4 N–H and O–H groups in total. The summed E-state index contributed by atoms with van der Waals surface area (Å²) in [5.41, 5.74) is 18.8. The third-order valence-electron chi connectivity index (χ3n) is 19.9. The minimum atomic E-state index is -1.74. The molecule has 0 radical (unpaired) electrons. The van der Waals surface area contributed by atoms with Gasteiger partial charge in [-0.15, -0.1) is 12.1 Å². The van der Waals surface area contributed by atoms with Crippen molar-refractivity contribution in [2.75, 3.05) is 6.54 Å². The van der Waals surface area contributed by atoms with E-state index in [4.69, 9.17) is 22.6 Å². The first kappa shape index (κ1) is 103. The van der Waals surface area contributed by atoms with Crippen molar-refractivity contribution in [1.82, 2.24) is 0 Å². The van der Waals surface area contributed by atoms with Gasteiger partial charge in [-0.1, -0.05) is 100.0 Å². The zero-order valence-electron chi connectivity index (χ0n) is 69.9. The van der Waals surface area contributed by atoms with Crippen molar-refractivity contribution < 1.29 is 89.5 Å². The average Bonchev–Trinajstić information content (AvgIpc) is 0.780. The van der Waals surface area contributed by atoms with Crippen LogP contribution in [0.4, 0.5) is 52.7 Å². The molecule has 12 rings (SSSR count). The summed E-state index contributed by atoms with van der Waals surface area (Å²) >= 11 is 5.17. The molecule has 0 aliphatic rings. The van der Waals surface area contributed by atoms with Crippen molar-refractivity contribution in [2.24, 2.45) is 5.73 Å². The van der Waals surface area contributed by atoms with Gasteiger partial charge in [0.1, 0.15) is 75.2 Å². The second-order valence-electron chi connectivity index (χ2n) is 28.9. The van der Waals surface area contributed by atoms with Crippen molar-refractivity contribution in [1.29, 1.82) is 5.26 Å². The van der Waals surface area contributed by atoms with Crippen LogP contribution in [-0.4, -0.2) is 50.8 Å². The maximum Gasteiger partial charge on any atom is 2.00 e. The number of benzene rings is 12. The number of nitriles is 1. The molecule has 12 aromatic rings. The number of nitrogens with two attached hydrogens (primary N) is 1. The molecule has 0 aliphatic carbocycles.